The Balaban J connectivity index is 2.88. The van der Waals surface area contributed by atoms with E-state index in [4.69, 9.17) is 0 Å². The zero-order valence-electron chi connectivity index (χ0n) is 5.96. The molecule has 2 nitrogen and oxygen atoms in total. The fourth-order valence-electron chi connectivity index (χ4n) is 0.977. The Kier molecular flexibility index (Phi) is 2.11. The normalized spacial score (nSPS) is 10.5. The summed E-state index contributed by atoms with van der Waals surface area (Å²) in [5.74, 6) is 0. The third kappa shape index (κ3) is 1.36. The Morgan fingerprint density at radius 2 is 2.00 bits per heavy atom. The molecule has 0 aliphatic carbocycles. The number of hydrogen-bond donors (Lipinski definition) is 0. The van der Waals surface area contributed by atoms with Crippen LogP contribution in [-0.2, 0) is 0 Å². The second-order valence-electron chi connectivity index (χ2n) is 2.30. The molecule has 60 valence electrons. The van der Waals surface area contributed by atoms with Gasteiger partial charge in [0.25, 0.3) is 0 Å². The van der Waals surface area contributed by atoms with Crippen molar-refractivity contribution in [1.82, 2.24) is 9.97 Å². The van der Waals surface area contributed by atoms with Crippen LogP contribution in [0.15, 0.2) is 33.5 Å². The van der Waals surface area contributed by atoms with E-state index in [1.807, 2.05) is 18.2 Å². The van der Waals surface area contributed by atoms with Gasteiger partial charge in [0.1, 0.15) is 10.1 Å². The van der Waals surface area contributed by atoms with Crippen molar-refractivity contribution in [3.8, 4) is 0 Å². The fraction of sp³-hybridized carbons (Fsp3) is 0. The Labute approximate surface area is 86.3 Å². The maximum absolute atomic E-state index is 4.28. The SMILES string of the molecule is Brc1cnc2cccc(Br)c2n1. The van der Waals surface area contributed by atoms with Crippen LogP contribution in [0.2, 0.25) is 0 Å². The highest BCUT2D eigenvalue weighted by molar-refractivity contribution is 9.11. The Morgan fingerprint density at radius 3 is 2.83 bits per heavy atom. The van der Waals surface area contributed by atoms with E-state index in [1.54, 1.807) is 6.20 Å². The molecule has 0 atom stereocenters. The largest absolute Gasteiger partial charge is 0.252 e. The molecular formula is C8H4Br2N2. The van der Waals surface area contributed by atoms with Crippen molar-refractivity contribution in [3.05, 3.63) is 33.5 Å². The van der Waals surface area contributed by atoms with Gasteiger partial charge >= 0.3 is 0 Å². The lowest BCUT2D eigenvalue weighted by Gasteiger charge is -1.97. The molecule has 4 heteroatoms. The molecule has 0 bridgehead atoms. The summed E-state index contributed by atoms with van der Waals surface area (Å²) >= 11 is 6.68. The van der Waals surface area contributed by atoms with Gasteiger partial charge in [-0.3, -0.25) is 4.98 Å². The maximum atomic E-state index is 4.28. The summed E-state index contributed by atoms with van der Waals surface area (Å²) < 4.78 is 1.72. The van der Waals surface area contributed by atoms with Crippen molar-refractivity contribution in [3.63, 3.8) is 0 Å². The minimum Gasteiger partial charge on any atom is -0.252 e. The molecule has 0 fully saturated rings. The molecule has 12 heavy (non-hydrogen) atoms. The van der Waals surface area contributed by atoms with E-state index in [2.05, 4.69) is 41.8 Å². The quantitative estimate of drug-likeness (QED) is 0.744. The highest BCUT2D eigenvalue weighted by Gasteiger charge is 2.00. The van der Waals surface area contributed by atoms with E-state index in [0.717, 1.165) is 20.1 Å². The van der Waals surface area contributed by atoms with Gasteiger partial charge in [-0.25, -0.2) is 4.98 Å². The van der Waals surface area contributed by atoms with Crippen molar-refractivity contribution >= 4 is 42.9 Å². The lowest BCUT2D eigenvalue weighted by Crippen LogP contribution is -1.84. The maximum Gasteiger partial charge on any atom is 0.125 e. The third-order valence-corrected chi connectivity index (χ3v) is 2.52. The number of fused-ring (bicyclic) bond motifs is 1. The van der Waals surface area contributed by atoms with Gasteiger partial charge in [-0.1, -0.05) is 6.07 Å². The molecular weight excluding hydrogens is 284 g/mol. The molecule has 1 heterocycles. The summed E-state index contributed by atoms with van der Waals surface area (Å²) in [6.45, 7) is 0. The van der Waals surface area contributed by atoms with Crippen LogP contribution in [-0.4, -0.2) is 9.97 Å². The minimum absolute atomic E-state index is 0.752. The van der Waals surface area contributed by atoms with E-state index < -0.39 is 0 Å². The molecule has 2 rings (SSSR count). The van der Waals surface area contributed by atoms with Gasteiger partial charge in [0, 0.05) is 4.47 Å². The molecule has 0 saturated heterocycles. The van der Waals surface area contributed by atoms with Crippen molar-refractivity contribution < 1.29 is 0 Å². The summed E-state index contributed by atoms with van der Waals surface area (Å²) in [6.07, 6.45) is 1.69. The number of para-hydroxylation sites is 1. The van der Waals surface area contributed by atoms with E-state index in [0.29, 0.717) is 0 Å². The molecule has 1 aromatic carbocycles. The summed E-state index contributed by atoms with van der Waals surface area (Å²) in [6, 6.07) is 5.82. The summed E-state index contributed by atoms with van der Waals surface area (Å²) in [5.41, 5.74) is 1.78. The second kappa shape index (κ2) is 3.11. The van der Waals surface area contributed by atoms with Gasteiger partial charge in [0.2, 0.25) is 0 Å². The number of hydrogen-bond acceptors (Lipinski definition) is 2. The van der Waals surface area contributed by atoms with E-state index in [9.17, 15) is 0 Å². The molecule has 0 spiro atoms. The molecule has 0 N–H and O–H groups in total. The summed E-state index contributed by atoms with van der Waals surface area (Å²) in [4.78, 5) is 8.48. The van der Waals surface area contributed by atoms with Crippen LogP contribution in [0.25, 0.3) is 11.0 Å². The topological polar surface area (TPSA) is 25.8 Å². The van der Waals surface area contributed by atoms with E-state index in [-0.39, 0.29) is 0 Å². The highest BCUT2D eigenvalue weighted by Crippen LogP contribution is 2.21. The Hall–Kier alpha value is -0.480. The van der Waals surface area contributed by atoms with Crippen LogP contribution in [0.4, 0.5) is 0 Å². The molecule has 0 radical (unpaired) electrons. The first-order valence-electron chi connectivity index (χ1n) is 3.34. The van der Waals surface area contributed by atoms with Gasteiger partial charge in [0.15, 0.2) is 0 Å². The van der Waals surface area contributed by atoms with Crippen molar-refractivity contribution in [2.24, 2.45) is 0 Å². The highest BCUT2D eigenvalue weighted by atomic mass is 79.9. The molecule has 0 unspecified atom stereocenters. The Bertz CT molecular complexity index is 428. The first-order chi connectivity index (χ1) is 5.77. The molecule has 2 aromatic rings. The number of rotatable bonds is 0. The Morgan fingerprint density at radius 1 is 1.17 bits per heavy atom. The first-order valence-corrected chi connectivity index (χ1v) is 4.93. The number of benzene rings is 1. The first kappa shape index (κ1) is 8.13. The predicted molar refractivity (Wildman–Crippen MR) is 54.9 cm³/mol. The lowest BCUT2D eigenvalue weighted by atomic mass is 10.3. The van der Waals surface area contributed by atoms with Crippen molar-refractivity contribution in [2.45, 2.75) is 0 Å². The zero-order valence-corrected chi connectivity index (χ0v) is 9.13. The molecule has 0 aliphatic rings. The predicted octanol–water partition coefficient (Wildman–Crippen LogP) is 3.15. The molecule has 0 saturated carbocycles. The monoisotopic (exact) mass is 286 g/mol. The summed E-state index contributed by atoms with van der Waals surface area (Å²) in [5, 5.41) is 0. The van der Waals surface area contributed by atoms with Gasteiger partial charge in [0.05, 0.1) is 11.7 Å². The van der Waals surface area contributed by atoms with Gasteiger partial charge < -0.3 is 0 Å². The third-order valence-electron chi connectivity index (χ3n) is 1.49. The number of aromatic nitrogens is 2. The van der Waals surface area contributed by atoms with Gasteiger partial charge in [-0.15, -0.1) is 0 Å². The smallest absolute Gasteiger partial charge is 0.125 e. The van der Waals surface area contributed by atoms with Gasteiger partial charge in [-0.05, 0) is 44.0 Å². The number of nitrogens with zero attached hydrogens (tertiary/aromatic N) is 2. The average molecular weight is 288 g/mol. The van der Waals surface area contributed by atoms with E-state index in [1.165, 1.54) is 0 Å². The summed E-state index contributed by atoms with van der Waals surface area (Å²) in [7, 11) is 0. The second-order valence-corrected chi connectivity index (χ2v) is 3.97. The lowest BCUT2D eigenvalue weighted by molar-refractivity contribution is 1.24. The van der Waals surface area contributed by atoms with Crippen molar-refractivity contribution in [1.29, 1.82) is 0 Å². The van der Waals surface area contributed by atoms with E-state index >= 15 is 0 Å². The number of halogens is 2. The van der Waals surface area contributed by atoms with Crippen molar-refractivity contribution in [2.75, 3.05) is 0 Å². The van der Waals surface area contributed by atoms with Crippen LogP contribution >= 0.6 is 31.9 Å². The van der Waals surface area contributed by atoms with Gasteiger partial charge in [-0.2, -0.15) is 0 Å². The average Bonchev–Trinajstić information content (AvgIpc) is 2.07. The van der Waals surface area contributed by atoms with Crippen LogP contribution in [0, 0.1) is 0 Å². The van der Waals surface area contributed by atoms with Crippen LogP contribution < -0.4 is 0 Å². The minimum atomic E-state index is 0.752. The molecule has 0 amide bonds. The molecule has 0 aliphatic heterocycles. The molecule has 1 aromatic heterocycles. The van der Waals surface area contributed by atoms with Crippen LogP contribution in [0.1, 0.15) is 0 Å². The zero-order chi connectivity index (χ0) is 8.55. The standard InChI is InChI=1S/C8H4Br2N2/c9-5-2-1-3-6-8(5)12-7(10)4-11-6/h1-4H. The van der Waals surface area contributed by atoms with Crippen LogP contribution in [0.3, 0.4) is 0 Å². The van der Waals surface area contributed by atoms with Crippen LogP contribution in [0.5, 0.6) is 0 Å². The fourth-order valence-corrected chi connectivity index (χ4v) is 1.70.